The lowest BCUT2D eigenvalue weighted by molar-refractivity contribution is -0.142. The van der Waals surface area contributed by atoms with Gasteiger partial charge in [0.1, 0.15) is 5.54 Å². The van der Waals surface area contributed by atoms with Gasteiger partial charge < -0.3 is 10.8 Å². The van der Waals surface area contributed by atoms with Crippen molar-refractivity contribution < 1.29 is 9.90 Å². The van der Waals surface area contributed by atoms with Gasteiger partial charge in [-0.05, 0) is 12.5 Å². The highest BCUT2D eigenvalue weighted by atomic mass is 28.3. The number of rotatable bonds is 4. The molecule has 0 aromatic heterocycles. The SMILES string of the molecule is CC[C@@](N)(C[Si](C)(C)C)C(=O)O. The maximum Gasteiger partial charge on any atom is 0.323 e. The molecular weight excluding hydrogens is 170 g/mol. The molecule has 0 spiro atoms. The summed E-state index contributed by atoms with van der Waals surface area (Å²) in [7, 11) is -1.38. The van der Waals surface area contributed by atoms with Gasteiger partial charge >= 0.3 is 5.97 Å². The van der Waals surface area contributed by atoms with Crippen LogP contribution in [0.3, 0.4) is 0 Å². The Bertz CT molecular complexity index is 176. The van der Waals surface area contributed by atoms with Crippen LogP contribution in [0.25, 0.3) is 0 Å². The maximum atomic E-state index is 10.8. The van der Waals surface area contributed by atoms with Crippen molar-refractivity contribution in [2.24, 2.45) is 5.73 Å². The number of carbonyl (C=O) groups is 1. The molecule has 0 saturated heterocycles. The van der Waals surface area contributed by atoms with Crippen molar-refractivity contribution >= 4 is 14.0 Å². The largest absolute Gasteiger partial charge is 0.480 e. The molecule has 0 aliphatic rings. The van der Waals surface area contributed by atoms with Gasteiger partial charge in [-0.15, -0.1) is 0 Å². The molecule has 0 radical (unpaired) electrons. The molecule has 0 aromatic carbocycles. The molecule has 0 aliphatic heterocycles. The molecular formula is C8H19NO2Si. The second kappa shape index (κ2) is 3.58. The minimum atomic E-state index is -1.38. The highest BCUT2D eigenvalue weighted by Crippen LogP contribution is 2.21. The Labute approximate surface area is 75.0 Å². The van der Waals surface area contributed by atoms with Crippen LogP contribution in [-0.4, -0.2) is 24.7 Å². The molecule has 0 bridgehead atoms. The van der Waals surface area contributed by atoms with Crippen LogP contribution < -0.4 is 5.73 Å². The number of hydrogen-bond donors (Lipinski definition) is 2. The van der Waals surface area contributed by atoms with Gasteiger partial charge in [0.25, 0.3) is 0 Å². The van der Waals surface area contributed by atoms with Crippen molar-refractivity contribution in [3.63, 3.8) is 0 Å². The minimum Gasteiger partial charge on any atom is -0.480 e. The summed E-state index contributed by atoms with van der Waals surface area (Å²) >= 11 is 0. The summed E-state index contributed by atoms with van der Waals surface area (Å²) in [5, 5.41) is 8.89. The number of nitrogens with two attached hydrogens (primary N) is 1. The first kappa shape index (κ1) is 11.6. The topological polar surface area (TPSA) is 63.3 Å². The third-order valence-corrected chi connectivity index (χ3v) is 3.59. The zero-order valence-corrected chi connectivity index (χ0v) is 9.35. The van der Waals surface area contributed by atoms with Crippen LogP contribution in [-0.2, 0) is 4.79 Å². The van der Waals surface area contributed by atoms with Gasteiger partial charge in [-0.2, -0.15) is 0 Å². The second-order valence-corrected chi connectivity index (χ2v) is 10.0. The average Bonchev–Trinajstić information content (AvgIpc) is 1.83. The molecule has 4 heteroatoms. The van der Waals surface area contributed by atoms with Crippen molar-refractivity contribution in [1.82, 2.24) is 0 Å². The fourth-order valence-electron chi connectivity index (χ4n) is 1.30. The van der Waals surface area contributed by atoms with Crippen molar-refractivity contribution in [1.29, 1.82) is 0 Å². The molecule has 12 heavy (non-hydrogen) atoms. The lowest BCUT2D eigenvalue weighted by Crippen LogP contribution is -2.51. The van der Waals surface area contributed by atoms with Crippen LogP contribution in [0.2, 0.25) is 25.7 Å². The normalized spacial score (nSPS) is 17.1. The summed E-state index contributed by atoms with van der Waals surface area (Å²) in [5.41, 5.74) is 4.77. The Hall–Kier alpha value is -0.353. The van der Waals surface area contributed by atoms with Crippen molar-refractivity contribution in [2.75, 3.05) is 0 Å². The van der Waals surface area contributed by atoms with Gasteiger partial charge in [-0.25, -0.2) is 0 Å². The molecule has 3 N–H and O–H groups in total. The quantitative estimate of drug-likeness (QED) is 0.659. The fraction of sp³-hybridized carbons (Fsp3) is 0.875. The lowest BCUT2D eigenvalue weighted by Gasteiger charge is -2.29. The first-order valence-electron chi connectivity index (χ1n) is 4.23. The standard InChI is InChI=1S/C8H19NO2Si/c1-5-8(9,7(10)11)6-12(2,3)4/h5-6,9H2,1-4H3,(H,10,11)/t8-/m1/s1. The molecule has 1 atom stereocenters. The van der Waals surface area contributed by atoms with E-state index < -0.39 is 19.6 Å². The Morgan fingerprint density at radius 1 is 1.50 bits per heavy atom. The highest BCUT2D eigenvalue weighted by Gasteiger charge is 2.36. The monoisotopic (exact) mass is 189 g/mol. The summed E-state index contributed by atoms with van der Waals surface area (Å²) in [4.78, 5) is 10.8. The van der Waals surface area contributed by atoms with Crippen molar-refractivity contribution in [3.8, 4) is 0 Å². The molecule has 0 saturated carbocycles. The second-order valence-electron chi connectivity index (χ2n) is 4.55. The van der Waals surface area contributed by atoms with Gasteiger partial charge in [0.2, 0.25) is 0 Å². The summed E-state index contributed by atoms with van der Waals surface area (Å²) in [5.74, 6) is -0.868. The van der Waals surface area contributed by atoms with Crippen molar-refractivity contribution in [2.45, 2.75) is 44.6 Å². The Morgan fingerprint density at radius 2 is 1.92 bits per heavy atom. The molecule has 0 aliphatic carbocycles. The summed E-state index contributed by atoms with van der Waals surface area (Å²) in [6.45, 7) is 8.22. The first-order valence-corrected chi connectivity index (χ1v) is 7.94. The Balaban J connectivity index is 4.46. The number of hydrogen-bond acceptors (Lipinski definition) is 2. The van der Waals surface area contributed by atoms with Crippen LogP contribution in [0, 0.1) is 0 Å². The lowest BCUT2D eigenvalue weighted by atomic mass is 10.0. The van der Waals surface area contributed by atoms with Crippen LogP contribution in [0.1, 0.15) is 13.3 Å². The van der Waals surface area contributed by atoms with E-state index in [1.54, 1.807) is 0 Å². The van der Waals surface area contributed by atoms with E-state index in [2.05, 4.69) is 19.6 Å². The van der Waals surface area contributed by atoms with E-state index in [-0.39, 0.29) is 0 Å². The van der Waals surface area contributed by atoms with Gasteiger partial charge in [-0.3, -0.25) is 4.79 Å². The number of carboxylic acids is 1. The Morgan fingerprint density at radius 3 is 2.00 bits per heavy atom. The van der Waals surface area contributed by atoms with E-state index in [0.29, 0.717) is 12.5 Å². The average molecular weight is 189 g/mol. The molecule has 0 heterocycles. The van der Waals surface area contributed by atoms with Crippen molar-refractivity contribution in [3.05, 3.63) is 0 Å². The summed E-state index contributed by atoms with van der Waals surface area (Å²) in [6, 6.07) is 0.645. The third kappa shape index (κ3) is 3.36. The van der Waals surface area contributed by atoms with E-state index in [1.807, 2.05) is 6.92 Å². The van der Waals surface area contributed by atoms with E-state index in [0.717, 1.165) is 0 Å². The summed E-state index contributed by atoms with van der Waals surface area (Å²) in [6.07, 6.45) is 0.507. The first-order chi connectivity index (χ1) is 5.21. The predicted molar refractivity (Wildman–Crippen MR) is 53.0 cm³/mol. The van der Waals surface area contributed by atoms with Crippen LogP contribution in [0.5, 0.6) is 0 Å². The molecule has 72 valence electrons. The van der Waals surface area contributed by atoms with E-state index >= 15 is 0 Å². The predicted octanol–water partition coefficient (Wildman–Crippen LogP) is 1.52. The zero-order valence-electron chi connectivity index (χ0n) is 8.35. The zero-order chi connectivity index (χ0) is 9.99. The maximum absolute atomic E-state index is 10.8. The van der Waals surface area contributed by atoms with E-state index in [9.17, 15) is 4.79 Å². The number of aliphatic carboxylic acids is 1. The van der Waals surface area contributed by atoms with Crippen LogP contribution in [0.15, 0.2) is 0 Å². The summed E-state index contributed by atoms with van der Waals surface area (Å²) < 4.78 is 0. The van der Waals surface area contributed by atoms with Gasteiger partial charge in [0, 0.05) is 8.07 Å². The Kier molecular flexibility index (Phi) is 3.47. The van der Waals surface area contributed by atoms with Crippen LogP contribution in [0.4, 0.5) is 0 Å². The van der Waals surface area contributed by atoms with Gasteiger partial charge in [-0.1, -0.05) is 26.6 Å². The molecule has 0 unspecified atom stereocenters. The van der Waals surface area contributed by atoms with E-state index in [1.165, 1.54) is 0 Å². The molecule has 0 rings (SSSR count). The van der Waals surface area contributed by atoms with Gasteiger partial charge in [0.15, 0.2) is 0 Å². The molecule has 3 nitrogen and oxygen atoms in total. The molecule has 0 fully saturated rings. The highest BCUT2D eigenvalue weighted by molar-refractivity contribution is 6.76. The molecule has 0 aromatic rings. The van der Waals surface area contributed by atoms with Crippen LogP contribution >= 0.6 is 0 Å². The number of carboxylic acid groups (broad SMARTS) is 1. The van der Waals surface area contributed by atoms with Gasteiger partial charge in [0.05, 0.1) is 0 Å². The molecule has 0 amide bonds. The third-order valence-electron chi connectivity index (χ3n) is 1.90. The van der Waals surface area contributed by atoms with E-state index in [4.69, 9.17) is 10.8 Å². The fourth-order valence-corrected chi connectivity index (χ4v) is 3.59. The minimum absolute atomic E-state index is 0.507. The smallest absolute Gasteiger partial charge is 0.323 e.